The summed E-state index contributed by atoms with van der Waals surface area (Å²) in [6.07, 6.45) is 10.5. The monoisotopic (exact) mass is 398 g/mol. The van der Waals surface area contributed by atoms with Crippen molar-refractivity contribution >= 4 is 11.9 Å². The Hall–Kier alpha value is -1.06. The molecule has 4 heteroatoms. The van der Waals surface area contributed by atoms with Gasteiger partial charge >= 0.3 is 11.9 Å². The predicted molar refractivity (Wildman–Crippen MR) is 116 cm³/mol. The van der Waals surface area contributed by atoms with E-state index in [2.05, 4.69) is 6.92 Å². The van der Waals surface area contributed by atoms with Crippen LogP contribution in [-0.2, 0) is 19.1 Å². The van der Waals surface area contributed by atoms with Gasteiger partial charge in [-0.1, -0.05) is 99.8 Å². The molecule has 0 fully saturated rings. The first-order chi connectivity index (χ1) is 12.9. The van der Waals surface area contributed by atoms with Crippen LogP contribution >= 0.6 is 0 Å². The first-order valence-electron chi connectivity index (χ1n) is 11.3. The molecule has 0 amide bonds. The van der Waals surface area contributed by atoms with E-state index in [4.69, 9.17) is 9.47 Å². The molecule has 0 radical (unpaired) electrons. The lowest BCUT2D eigenvalue weighted by atomic mass is 9.95. The highest BCUT2D eigenvalue weighted by Crippen LogP contribution is 2.21. The molecule has 1 unspecified atom stereocenters. The minimum absolute atomic E-state index is 0.0737. The average molecular weight is 399 g/mol. The van der Waals surface area contributed by atoms with Crippen LogP contribution in [0.2, 0.25) is 0 Å². The van der Waals surface area contributed by atoms with Gasteiger partial charge in [-0.05, 0) is 17.3 Å². The van der Waals surface area contributed by atoms with Gasteiger partial charge in [0.2, 0.25) is 0 Å². The summed E-state index contributed by atoms with van der Waals surface area (Å²) < 4.78 is 10.9. The number of hydrogen-bond acceptors (Lipinski definition) is 4. The SMILES string of the molecule is CCCCCCCCCCC(CC(=O)OCC(C)(C)C)C(=O)OCC(C)(C)C. The Kier molecular flexibility index (Phi) is 13.5. The van der Waals surface area contributed by atoms with E-state index in [1.807, 2.05) is 41.5 Å². The molecule has 0 bridgehead atoms. The van der Waals surface area contributed by atoms with Gasteiger partial charge in [0.1, 0.15) is 0 Å². The van der Waals surface area contributed by atoms with Crippen molar-refractivity contribution in [1.29, 1.82) is 0 Å². The van der Waals surface area contributed by atoms with Gasteiger partial charge in [0.15, 0.2) is 0 Å². The molecule has 0 N–H and O–H groups in total. The van der Waals surface area contributed by atoms with Crippen LogP contribution in [-0.4, -0.2) is 25.2 Å². The molecule has 0 saturated carbocycles. The van der Waals surface area contributed by atoms with E-state index < -0.39 is 5.92 Å². The molecule has 0 aromatic carbocycles. The minimum Gasteiger partial charge on any atom is -0.465 e. The van der Waals surface area contributed by atoms with Crippen molar-refractivity contribution in [3.05, 3.63) is 0 Å². The second kappa shape index (κ2) is 14.0. The zero-order valence-electron chi connectivity index (χ0n) is 19.7. The van der Waals surface area contributed by atoms with Crippen molar-refractivity contribution in [1.82, 2.24) is 0 Å². The van der Waals surface area contributed by atoms with Crippen molar-refractivity contribution in [2.45, 2.75) is 113 Å². The largest absolute Gasteiger partial charge is 0.465 e. The maximum Gasteiger partial charge on any atom is 0.309 e. The third kappa shape index (κ3) is 17.1. The Balaban J connectivity index is 4.43. The summed E-state index contributed by atoms with van der Waals surface area (Å²) in [5.74, 6) is -0.951. The van der Waals surface area contributed by atoms with Crippen LogP contribution in [0, 0.1) is 16.7 Å². The van der Waals surface area contributed by atoms with Gasteiger partial charge in [-0.3, -0.25) is 9.59 Å². The van der Waals surface area contributed by atoms with Crippen molar-refractivity contribution in [3.8, 4) is 0 Å². The van der Waals surface area contributed by atoms with Gasteiger partial charge in [0, 0.05) is 0 Å². The van der Waals surface area contributed by atoms with Gasteiger partial charge in [-0.15, -0.1) is 0 Å². The summed E-state index contributed by atoms with van der Waals surface area (Å²) in [4.78, 5) is 24.7. The van der Waals surface area contributed by atoms with Crippen LogP contribution in [0.5, 0.6) is 0 Å². The molecule has 0 spiro atoms. The fourth-order valence-corrected chi connectivity index (χ4v) is 2.79. The molecule has 0 rings (SSSR count). The molecule has 1 atom stereocenters. The fourth-order valence-electron chi connectivity index (χ4n) is 2.79. The predicted octanol–water partition coefficient (Wildman–Crippen LogP) is 6.70. The molecule has 0 aromatic heterocycles. The first-order valence-corrected chi connectivity index (χ1v) is 11.3. The number of unbranched alkanes of at least 4 members (excludes halogenated alkanes) is 7. The van der Waals surface area contributed by atoms with Crippen molar-refractivity contribution in [3.63, 3.8) is 0 Å². The highest BCUT2D eigenvalue weighted by atomic mass is 16.5. The molecule has 0 aliphatic heterocycles. The fraction of sp³-hybridized carbons (Fsp3) is 0.917. The second-order valence-corrected chi connectivity index (χ2v) is 10.6. The number of carbonyl (C=O) groups is 2. The van der Waals surface area contributed by atoms with Gasteiger partial charge in [0.25, 0.3) is 0 Å². The minimum atomic E-state index is -0.394. The number of esters is 2. The first kappa shape index (κ1) is 26.9. The highest BCUT2D eigenvalue weighted by molar-refractivity contribution is 5.80. The zero-order chi connectivity index (χ0) is 21.6. The molecular formula is C24H46O4. The summed E-state index contributed by atoms with van der Waals surface area (Å²) in [5, 5.41) is 0. The zero-order valence-corrected chi connectivity index (χ0v) is 19.7. The Labute approximate surface area is 174 Å². The molecule has 166 valence electrons. The summed E-state index contributed by atoms with van der Waals surface area (Å²) in [6.45, 7) is 15.1. The Bertz CT molecular complexity index is 429. The van der Waals surface area contributed by atoms with E-state index in [9.17, 15) is 9.59 Å². The van der Waals surface area contributed by atoms with Gasteiger partial charge in [-0.2, -0.15) is 0 Å². The van der Waals surface area contributed by atoms with E-state index in [0.29, 0.717) is 19.6 Å². The van der Waals surface area contributed by atoms with Crippen LogP contribution in [0.3, 0.4) is 0 Å². The van der Waals surface area contributed by atoms with E-state index in [0.717, 1.165) is 12.8 Å². The highest BCUT2D eigenvalue weighted by Gasteiger charge is 2.26. The number of ether oxygens (including phenoxy) is 2. The summed E-state index contributed by atoms with van der Waals surface area (Å²) in [7, 11) is 0. The Morgan fingerprint density at radius 1 is 0.714 bits per heavy atom. The van der Waals surface area contributed by atoms with Crippen LogP contribution in [0.15, 0.2) is 0 Å². The normalized spacial score (nSPS) is 13.2. The molecule has 0 saturated heterocycles. The van der Waals surface area contributed by atoms with Gasteiger partial charge in [-0.25, -0.2) is 0 Å². The summed E-state index contributed by atoms with van der Waals surface area (Å²) in [5.41, 5.74) is -0.152. The molecule has 0 aliphatic carbocycles. The van der Waals surface area contributed by atoms with Crippen molar-refractivity contribution in [2.24, 2.45) is 16.7 Å². The molecule has 28 heavy (non-hydrogen) atoms. The van der Waals surface area contributed by atoms with Crippen molar-refractivity contribution < 1.29 is 19.1 Å². The third-order valence-electron chi connectivity index (χ3n) is 4.47. The third-order valence-corrected chi connectivity index (χ3v) is 4.47. The molecular weight excluding hydrogens is 352 g/mol. The smallest absolute Gasteiger partial charge is 0.309 e. The van der Waals surface area contributed by atoms with E-state index in [-0.39, 0.29) is 29.2 Å². The van der Waals surface area contributed by atoms with Crippen molar-refractivity contribution in [2.75, 3.05) is 13.2 Å². The summed E-state index contributed by atoms with van der Waals surface area (Å²) >= 11 is 0. The van der Waals surface area contributed by atoms with Crippen LogP contribution in [0.4, 0.5) is 0 Å². The number of carbonyl (C=O) groups excluding carboxylic acids is 2. The quantitative estimate of drug-likeness (QED) is 0.241. The van der Waals surface area contributed by atoms with E-state index in [1.165, 1.54) is 38.5 Å². The van der Waals surface area contributed by atoms with E-state index in [1.54, 1.807) is 0 Å². The molecule has 0 heterocycles. The standard InChI is InChI=1S/C24H46O4/c1-8-9-10-11-12-13-14-15-16-20(22(26)28-19-24(5,6)7)17-21(25)27-18-23(2,3)4/h20H,8-19H2,1-7H3. The van der Waals surface area contributed by atoms with Crippen LogP contribution in [0.1, 0.15) is 113 Å². The summed E-state index contributed by atoms with van der Waals surface area (Å²) in [6, 6.07) is 0. The maximum absolute atomic E-state index is 12.5. The van der Waals surface area contributed by atoms with Gasteiger partial charge in [0.05, 0.1) is 25.6 Å². The lowest BCUT2D eigenvalue weighted by molar-refractivity contribution is -0.158. The number of hydrogen-bond donors (Lipinski definition) is 0. The van der Waals surface area contributed by atoms with Crippen LogP contribution in [0.25, 0.3) is 0 Å². The number of rotatable bonds is 14. The molecule has 4 nitrogen and oxygen atoms in total. The topological polar surface area (TPSA) is 52.6 Å². The van der Waals surface area contributed by atoms with Crippen LogP contribution < -0.4 is 0 Å². The maximum atomic E-state index is 12.5. The second-order valence-electron chi connectivity index (χ2n) is 10.6. The average Bonchev–Trinajstić information content (AvgIpc) is 2.58. The molecule has 0 aliphatic rings. The van der Waals surface area contributed by atoms with Gasteiger partial charge < -0.3 is 9.47 Å². The Morgan fingerprint density at radius 2 is 1.18 bits per heavy atom. The molecule has 0 aromatic rings. The van der Waals surface area contributed by atoms with E-state index >= 15 is 0 Å². The Morgan fingerprint density at radius 3 is 1.68 bits per heavy atom. The lowest BCUT2D eigenvalue weighted by Gasteiger charge is -2.22. The lowest BCUT2D eigenvalue weighted by Crippen LogP contribution is -2.27.